The molecular formula is C17H29NO. The Hall–Kier alpha value is -1.18. The van der Waals surface area contributed by atoms with E-state index in [1.807, 2.05) is 6.07 Å². The molecule has 0 aliphatic heterocycles. The molecule has 0 spiro atoms. The largest absolute Gasteiger partial charge is 0.493 e. The SMILES string of the molecule is CCCCCCCNc1cccc(OCC(C)C)c1. The molecule has 2 nitrogen and oxygen atoms in total. The average molecular weight is 263 g/mol. The number of ether oxygens (including phenoxy) is 1. The van der Waals surface area contributed by atoms with E-state index in [1.165, 1.54) is 32.1 Å². The first kappa shape index (κ1) is 15.9. The number of benzene rings is 1. The zero-order chi connectivity index (χ0) is 13.9. The molecule has 0 atom stereocenters. The summed E-state index contributed by atoms with van der Waals surface area (Å²) in [4.78, 5) is 0. The maximum absolute atomic E-state index is 5.73. The van der Waals surface area contributed by atoms with Crippen LogP contribution in [0.2, 0.25) is 0 Å². The van der Waals surface area contributed by atoms with Crippen molar-refractivity contribution in [3.8, 4) is 5.75 Å². The van der Waals surface area contributed by atoms with Gasteiger partial charge in [0.2, 0.25) is 0 Å². The second-order valence-electron chi connectivity index (χ2n) is 5.57. The fourth-order valence-electron chi connectivity index (χ4n) is 1.92. The zero-order valence-electron chi connectivity index (χ0n) is 12.7. The average Bonchev–Trinajstić information content (AvgIpc) is 2.41. The van der Waals surface area contributed by atoms with E-state index < -0.39 is 0 Å². The van der Waals surface area contributed by atoms with Gasteiger partial charge in [-0.2, -0.15) is 0 Å². The minimum absolute atomic E-state index is 0.565. The summed E-state index contributed by atoms with van der Waals surface area (Å²) in [6.07, 6.45) is 6.60. The number of hydrogen-bond acceptors (Lipinski definition) is 2. The number of hydrogen-bond donors (Lipinski definition) is 1. The van der Waals surface area contributed by atoms with Crippen LogP contribution in [0.5, 0.6) is 5.75 Å². The standard InChI is InChI=1S/C17H29NO/c1-4-5-6-7-8-12-18-16-10-9-11-17(13-16)19-14-15(2)3/h9-11,13,15,18H,4-8,12,14H2,1-3H3. The first-order valence-electron chi connectivity index (χ1n) is 7.69. The topological polar surface area (TPSA) is 21.3 Å². The Morgan fingerprint density at radius 1 is 1.11 bits per heavy atom. The molecule has 0 aliphatic carbocycles. The molecule has 1 aromatic carbocycles. The van der Waals surface area contributed by atoms with Crippen LogP contribution in [0.1, 0.15) is 52.9 Å². The fourth-order valence-corrected chi connectivity index (χ4v) is 1.92. The molecule has 108 valence electrons. The van der Waals surface area contributed by atoms with Crippen molar-refractivity contribution >= 4 is 5.69 Å². The van der Waals surface area contributed by atoms with E-state index in [2.05, 4.69) is 44.3 Å². The van der Waals surface area contributed by atoms with E-state index in [4.69, 9.17) is 4.74 Å². The van der Waals surface area contributed by atoms with E-state index in [9.17, 15) is 0 Å². The molecular weight excluding hydrogens is 234 g/mol. The van der Waals surface area contributed by atoms with Gasteiger partial charge >= 0.3 is 0 Å². The van der Waals surface area contributed by atoms with Crippen LogP contribution in [0.15, 0.2) is 24.3 Å². The molecule has 0 saturated heterocycles. The third kappa shape index (κ3) is 7.76. The molecule has 1 rings (SSSR count). The summed E-state index contributed by atoms with van der Waals surface area (Å²) >= 11 is 0. The van der Waals surface area contributed by atoms with Crippen LogP contribution in [-0.2, 0) is 0 Å². The van der Waals surface area contributed by atoms with Gasteiger partial charge in [0, 0.05) is 18.3 Å². The molecule has 2 heteroatoms. The summed E-state index contributed by atoms with van der Waals surface area (Å²) in [6.45, 7) is 8.41. The van der Waals surface area contributed by atoms with E-state index in [-0.39, 0.29) is 0 Å². The summed E-state index contributed by atoms with van der Waals surface area (Å²) in [5, 5.41) is 3.47. The summed E-state index contributed by atoms with van der Waals surface area (Å²) in [5.41, 5.74) is 1.16. The van der Waals surface area contributed by atoms with Crippen molar-refractivity contribution in [2.24, 2.45) is 5.92 Å². The van der Waals surface area contributed by atoms with Gasteiger partial charge in [0.25, 0.3) is 0 Å². The lowest BCUT2D eigenvalue weighted by Crippen LogP contribution is -2.05. The van der Waals surface area contributed by atoms with Crippen LogP contribution < -0.4 is 10.1 Å². The lowest BCUT2D eigenvalue weighted by molar-refractivity contribution is 0.271. The highest BCUT2D eigenvalue weighted by Crippen LogP contribution is 2.18. The second-order valence-corrected chi connectivity index (χ2v) is 5.57. The molecule has 0 unspecified atom stereocenters. The van der Waals surface area contributed by atoms with Crippen LogP contribution in [0, 0.1) is 5.92 Å². The molecule has 0 radical (unpaired) electrons. The molecule has 19 heavy (non-hydrogen) atoms. The summed E-state index contributed by atoms with van der Waals surface area (Å²) in [6, 6.07) is 8.27. The molecule has 0 saturated carbocycles. The van der Waals surface area contributed by atoms with Gasteiger partial charge in [-0.15, -0.1) is 0 Å². The predicted octanol–water partition coefficient (Wildman–Crippen LogP) is 5.10. The van der Waals surface area contributed by atoms with Crippen LogP contribution >= 0.6 is 0 Å². The molecule has 0 amide bonds. The first-order chi connectivity index (χ1) is 9.22. The third-order valence-corrected chi connectivity index (χ3v) is 3.03. The molecule has 0 bridgehead atoms. The Morgan fingerprint density at radius 3 is 2.63 bits per heavy atom. The van der Waals surface area contributed by atoms with Crippen molar-refractivity contribution in [2.45, 2.75) is 52.9 Å². The van der Waals surface area contributed by atoms with Crippen molar-refractivity contribution in [1.29, 1.82) is 0 Å². The highest BCUT2D eigenvalue weighted by molar-refractivity contribution is 5.48. The van der Waals surface area contributed by atoms with Crippen LogP contribution in [0.4, 0.5) is 5.69 Å². The van der Waals surface area contributed by atoms with Crippen LogP contribution in [0.3, 0.4) is 0 Å². The highest BCUT2D eigenvalue weighted by atomic mass is 16.5. The molecule has 0 aliphatic rings. The monoisotopic (exact) mass is 263 g/mol. The Morgan fingerprint density at radius 2 is 1.89 bits per heavy atom. The Labute approximate surface area is 118 Å². The first-order valence-corrected chi connectivity index (χ1v) is 7.69. The van der Waals surface area contributed by atoms with E-state index >= 15 is 0 Å². The number of unbranched alkanes of at least 4 members (excludes halogenated alkanes) is 4. The Bertz CT molecular complexity index is 336. The smallest absolute Gasteiger partial charge is 0.121 e. The Kier molecular flexibility index (Phi) is 8.11. The summed E-state index contributed by atoms with van der Waals surface area (Å²) in [5.74, 6) is 1.53. The molecule has 0 aromatic heterocycles. The van der Waals surface area contributed by atoms with Gasteiger partial charge < -0.3 is 10.1 Å². The van der Waals surface area contributed by atoms with Crippen molar-refractivity contribution < 1.29 is 4.74 Å². The molecule has 1 N–H and O–H groups in total. The molecule has 0 heterocycles. The van der Waals surface area contributed by atoms with Gasteiger partial charge in [0.05, 0.1) is 6.61 Å². The van der Waals surface area contributed by atoms with Gasteiger partial charge in [-0.1, -0.05) is 52.5 Å². The zero-order valence-corrected chi connectivity index (χ0v) is 12.7. The maximum Gasteiger partial charge on any atom is 0.121 e. The second kappa shape index (κ2) is 9.71. The molecule has 0 fully saturated rings. The predicted molar refractivity (Wildman–Crippen MR) is 84.0 cm³/mol. The molecule has 1 aromatic rings. The lowest BCUT2D eigenvalue weighted by atomic mass is 10.1. The van der Waals surface area contributed by atoms with Crippen molar-refractivity contribution in [3.63, 3.8) is 0 Å². The van der Waals surface area contributed by atoms with Gasteiger partial charge in [-0.05, 0) is 24.5 Å². The maximum atomic E-state index is 5.73. The van der Waals surface area contributed by atoms with E-state index in [0.29, 0.717) is 5.92 Å². The third-order valence-electron chi connectivity index (χ3n) is 3.03. The van der Waals surface area contributed by atoms with Gasteiger partial charge in [-0.3, -0.25) is 0 Å². The Balaban J connectivity index is 2.24. The van der Waals surface area contributed by atoms with Crippen molar-refractivity contribution in [2.75, 3.05) is 18.5 Å². The fraction of sp³-hybridized carbons (Fsp3) is 0.647. The van der Waals surface area contributed by atoms with Crippen LogP contribution in [-0.4, -0.2) is 13.2 Å². The van der Waals surface area contributed by atoms with Gasteiger partial charge in [-0.25, -0.2) is 0 Å². The minimum Gasteiger partial charge on any atom is -0.493 e. The summed E-state index contributed by atoms with van der Waals surface area (Å²) < 4.78 is 5.73. The summed E-state index contributed by atoms with van der Waals surface area (Å²) in [7, 11) is 0. The number of anilines is 1. The van der Waals surface area contributed by atoms with Crippen molar-refractivity contribution in [3.05, 3.63) is 24.3 Å². The van der Waals surface area contributed by atoms with Crippen molar-refractivity contribution in [1.82, 2.24) is 0 Å². The minimum atomic E-state index is 0.565. The number of rotatable bonds is 10. The quantitative estimate of drug-likeness (QED) is 0.593. The van der Waals surface area contributed by atoms with Gasteiger partial charge in [0.1, 0.15) is 5.75 Å². The van der Waals surface area contributed by atoms with E-state index in [1.54, 1.807) is 0 Å². The number of nitrogens with one attached hydrogen (secondary N) is 1. The van der Waals surface area contributed by atoms with Crippen LogP contribution in [0.25, 0.3) is 0 Å². The highest BCUT2D eigenvalue weighted by Gasteiger charge is 1.99. The van der Waals surface area contributed by atoms with Gasteiger partial charge in [0.15, 0.2) is 0 Å². The van der Waals surface area contributed by atoms with E-state index in [0.717, 1.165) is 24.6 Å². The lowest BCUT2D eigenvalue weighted by Gasteiger charge is -2.11. The normalized spacial score (nSPS) is 10.7.